The standard InChI is InChI=1S/C37H52NO5/c1-4-5-6-7-14-21-34(39)42-35(28(2)3)43-37(29-17-10-8-11-18-29,30-19-12-9-13-20-30)36(40)41-33-26-31-22-23-32(27-33)38(31)24-15-16-25-38/h8-13,17-20,28,31-33,35H,4-7,14-16,21-27H2,1-3H3/q+1. The van der Waals surface area contributed by atoms with Crippen molar-refractivity contribution in [1.82, 2.24) is 0 Å². The van der Waals surface area contributed by atoms with E-state index >= 15 is 0 Å². The van der Waals surface area contributed by atoms with Crippen molar-refractivity contribution >= 4 is 11.9 Å². The van der Waals surface area contributed by atoms with Gasteiger partial charge >= 0.3 is 11.9 Å². The molecule has 2 aromatic carbocycles. The second kappa shape index (κ2) is 14.4. The number of piperidine rings is 1. The fraction of sp³-hybridized carbons (Fsp3) is 0.622. The normalized spacial score (nSPS) is 23.4. The third kappa shape index (κ3) is 6.86. The Morgan fingerprint density at radius 3 is 1.93 bits per heavy atom. The number of nitrogens with zero attached hydrogens (tertiary/aromatic N) is 1. The van der Waals surface area contributed by atoms with Crippen molar-refractivity contribution < 1.29 is 28.3 Å². The Balaban J connectivity index is 1.41. The van der Waals surface area contributed by atoms with Crippen LogP contribution in [0.1, 0.15) is 109 Å². The minimum Gasteiger partial charge on any atom is -0.459 e. The minimum absolute atomic E-state index is 0.145. The SMILES string of the molecule is CCCCCCCC(=O)OC(OC(C(=O)OC1CC2CCC(C1)[N+]21CCCC1)(c1ccccc1)c1ccccc1)C(C)C. The predicted octanol–water partition coefficient (Wildman–Crippen LogP) is 7.68. The van der Waals surface area contributed by atoms with Gasteiger partial charge < -0.3 is 18.7 Å². The largest absolute Gasteiger partial charge is 0.459 e. The van der Waals surface area contributed by atoms with Gasteiger partial charge in [-0.05, 0) is 17.5 Å². The lowest BCUT2D eigenvalue weighted by molar-refractivity contribution is -0.956. The summed E-state index contributed by atoms with van der Waals surface area (Å²) >= 11 is 0. The van der Waals surface area contributed by atoms with Crippen molar-refractivity contribution in [2.45, 2.75) is 128 Å². The Kier molecular flexibility index (Phi) is 10.6. The summed E-state index contributed by atoms with van der Waals surface area (Å²) in [5.74, 6) is -0.888. The molecule has 234 valence electrons. The molecule has 0 aliphatic carbocycles. The highest BCUT2D eigenvalue weighted by Crippen LogP contribution is 2.47. The number of hydrogen-bond donors (Lipinski definition) is 0. The maximum atomic E-state index is 14.7. The van der Waals surface area contributed by atoms with Gasteiger partial charge in [0, 0.05) is 50.9 Å². The van der Waals surface area contributed by atoms with Gasteiger partial charge in [-0.25, -0.2) is 4.79 Å². The Labute approximate surface area is 258 Å². The van der Waals surface area contributed by atoms with Crippen LogP contribution in [-0.2, 0) is 29.4 Å². The number of carbonyl (C=O) groups excluding carboxylic acids is 2. The van der Waals surface area contributed by atoms with E-state index < -0.39 is 17.9 Å². The summed E-state index contributed by atoms with van der Waals surface area (Å²) < 4.78 is 20.6. The van der Waals surface area contributed by atoms with Crippen LogP contribution in [0.3, 0.4) is 0 Å². The Morgan fingerprint density at radius 2 is 1.40 bits per heavy atom. The van der Waals surface area contributed by atoms with Crippen molar-refractivity contribution in [1.29, 1.82) is 0 Å². The zero-order valence-electron chi connectivity index (χ0n) is 26.5. The zero-order chi connectivity index (χ0) is 30.3. The number of benzene rings is 2. The van der Waals surface area contributed by atoms with E-state index in [1.807, 2.05) is 74.5 Å². The molecule has 3 heterocycles. The molecule has 0 amide bonds. The molecule has 2 aromatic rings. The third-order valence-electron chi connectivity index (χ3n) is 10.2. The van der Waals surface area contributed by atoms with Gasteiger partial charge in [-0.1, -0.05) is 107 Å². The lowest BCUT2D eigenvalue weighted by atomic mass is 9.85. The van der Waals surface area contributed by atoms with E-state index in [0.717, 1.165) is 38.5 Å². The fourth-order valence-electron chi connectivity index (χ4n) is 8.00. The van der Waals surface area contributed by atoms with E-state index in [9.17, 15) is 9.59 Å². The number of esters is 2. The molecular formula is C37H52NO5+. The van der Waals surface area contributed by atoms with Gasteiger partial charge in [-0.3, -0.25) is 4.79 Å². The third-order valence-corrected chi connectivity index (χ3v) is 10.2. The Morgan fingerprint density at radius 1 is 0.837 bits per heavy atom. The summed E-state index contributed by atoms with van der Waals surface area (Å²) in [5.41, 5.74) is -0.224. The summed E-state index contributed by atoms with van der Waals surface area (Å²) in [6.45, 7) is 8.65. The van der Waals surface area contributed by atoms with Crippen molar-refractivity contribution in [2.24, 2.45) is 5.92 Å². The smallest absolute Gasteiger partial charge is 0.348 e. The summed E-state index contributed by atoms with van der Waals surface area (Å²) in [5, 5.41) is 0. The minimum atomic E-state index is -1.57. The Bertz CT molecular complexity index is 1120. The predicted molar refractivity (Wildman–Crippen MR) is 168 cm³/mol. The van der Waals surface area contributed by atoms with Crippen LogP contribution in [0.5, 0.6) is 0 Å². The summed E-state index contributed by atoms with van der Waals surface area (Å²) in [6, 6.07) is 20.3. The molecule has 6 heteroatoms. The lowest BCUT2D eigenvalue weighted by Gasteiger charge is -2.47. The van der Waals surface area contributed by atoms with Crippen LogP contribution >= 0.6 is 0 Å². The summed E-state index contributed by atoms with van der Waals surface area (Å²) in [6.07, 6.45) is 11.4. The van der Waals surface area contributed by atoms with Gasteiger partial charge in [0.1, 0.15) is 6.10 Å². The first kappa shape index (κ1) is 31.7. The van der Waals surface area contributed by atoms with Gasteiger partial charge in [-0.2, -0.15) is 0 Å². The highest BCUT2D eigenvalue weighted by molar-refractivity contribution is 5.86. The van der Waals surface area contributed by atoms with Crippen LogP contribution in [0.25, 0.3) is 0 Å². The molecule has 3 fully saturated rings. The second-order valence-corrected chi connectivity index (χ2v) is 13.4. The topological polar surface area (TPSA) is 61.8 Å². The molecule has 0 N–H and O–H groups in total. The van der Waals surface area contributed by atoms with Crippen LogP contribution in [0, 0.1) is 5.92 Å². The molecule has 3 aliphatic heterocycles. The molecule has 0 saturated carbocycles. The van der Waals surface area contributed by atoms with Gasteiger partial charge in [-0.15, -0.1) is 0 Å². The highest BCUT2D eigenvalue weighted by Gasteiger charge is 2.57. The van der Waals surface area contributed by atoms with Gasteiger partial charge in [0.05, 0.1) is 25.2 Å². The molecule has 6 nitrogen and oxygen atoms in total. The number of carbonyl (C=O) groups is 2. The van der Waals surface area contributed by atoms with Crippen LogP contribution in [0.4, 0.5) is 0 Å². The maximum absolute atomic E-state index is 14.7. The van der Waals surface area contributed by atoms with Crippen LogP contribution < -0.4 is 0 Å². The quantitative estimate of drug-likeness (QED) is 0.0978. The molecule has 0 radical (unpaired) electrons. The number of hydrogen-bond acceptors (Lipinski definition) is 5. The molecule has 3 unspecified atom stereocenters. The summed E-state index contributed by atoms with van der Waals surface area (Å²) in [4.78, 5) is 27.7. The maximum Gasteiger partial charge on any atom is 0.348 e. The van der Waals surface area contributed by atoms with Crippen molar-refractivity contribution in [2.75, 3.05) is 13.1 Å². The van der Waals surface area contributed by atoms with Crippen LogP contribution in [0.15, 0.2) is 60.7 Å². The molecule has 3 aliphatic rings. The Hall–Kier alpha value is -2.70. The number of unbranched alkanes of at least 4 members (excludes halogenated alkanes) is 4. The average Bonchev–Trinajstić information content (AvgIpc) is 3.56. The second-order valence-electron chi connectivity index (χ2n) is 13.4. The number of quaternary nitrogens is 1. The molecule has 2 bridgehead atoms. The van der Waals surface area contributed by atoms with Gasteiger partial charge in [0.15, 0.2) is 0 Å². The van der Waals surface area contributed by atoms with E-state index in [1.54, 1.807) is 0 Å². The molecular weight excluding hydrogens is 538 g/mol. The van der Waals surface area contributed by atoms with Crippen molar-refractivity contribution in [3.63, 3.8) is 0 Å². The molecule has 3 saturated heterocycles. The van der Waals surface area contributed by atoms with E-state index in [1.165, 1.54) is 49.7 Å². The van der Waals surface area contributed by atoms with Crippen molar-refractivity contribution in [3.8, 4) is 0 Å². The lowest BCUT2D eigenvalue weighted by Crippen LogP contribution is -2.60. The molecule has 5 rings (SSSR count). The molecule has 0 aromatic heterocycles. The average molecular weight is 591 g/mol. The van der Waals surface area contributed by atoms with Crippen LogP contribution in [0.2, 0.25) is 0 Å². The fourth-order valence-corrected chi connectivity index (χ4v) is 8.00. The first-order chi connectivity index (χ1) is 20.9. The first-order valence-electron chi connectivity index (χ1n) is 16.9. The zero-order valence-corrected chi connectivity index (χ0v) is 26.5. The van der Waals surface area contributed by atoms with Gasteiger partial charge in [0.2, 0.25) is 11.9 Å². The van der Waals surface area contributed by atoms with E-state index in [0.29, 0.717) is 29.6 Å². The first-order valence-corrected chi connectivity index (χ1v) is 16.9. The highest BCUT2D eigenvalue weighted by atomic mass is 16.7. The van der Waals surface area contributed by atoms with E-state index in [4.69, 9.17) is 14.2 Å². The monoisotopic (exact) mass is 590 g/mol. The van der Waals surface area contributed by atoms with Crippen LogP contribution in [-0.4, -0.2) is 54.0 Å². The van der Waals surface area contributed by atoms with Gasteiger partial charge in [0.25, 0.3) is 0 Å². The number of rotatable bonds is 14. The molecule has 3 atom stereocenters. The molecule has 1 spiro atoms. The van der Waals surface area contributed by atoms with E-state index in [-0.39, 0.29) is 18.0 Å². The van der Waals surface area contributed by atoms with Crippen molar-refractivity contribution in [3.05, 3.63) is 71.8 Å². The number of ether oxygens (including phenoxy) is 3. The summed E-state index contributed by atoms with van der Waals surface area (Å²) in [7, 11) is 0. The van der Waals surface area contributed by atoms with E-state index in [2.05, 4.69) is 6.92 Å². The molecule has 43 heavy (non-hydrogen) atoms.